The summed E-state index contributed by atoms with van der Waals surface area (Å²) in [5, 5.41) is 2.89. The zero-order valence-electron chi connectivity index (χ0n) is 9.42. The molecule has 0 aromatic heterocycles. The Kier molecular flexibility index (Phi) is 4.20. The lowest BCUT2D eigenvalue weighted by molar-refractivity contribution is 0.215. The summed E-state index contributed by atoms with van der Waals surface area (Å²) in [4.78, 5) is 15.1. The molecule has 0 aliphatic carbocycles. The smallest absolute Gasteiger partial charge is 0.316 e. The highest BCUT2D eigenvalue weighted by atomic mass is 16.2. The van der Waals surface area contributed by atoms with Gasteiger partial charge in [-0.2, -0.15) is 0 Å². The molecule has 0 saturated carbocycles. The number of amides is 2. The minimum absolute atomic E-state index is 0.00523. The van der Waals surface area contributed by atoms with Crippen molar-refractivity contribution in [2.24, 2.45) is 0 Å². The first-order valence-corrected chi connectivity index (χ1v) is 5.26. The second-order valence-corrected chi connectivity index (χ2v) is 4.19. The molecular formula is C10H21N3O. The van der Waals surface area contributed by atoms with Gasteiger partial charge in [-0.05, 0) is 32.9 Å². The van der Waals surface area contributed by atoms with Crippen LogP contribution in [-0.2, 0) is 0 Å². The Labute approximate surface area is 86.2 Å². The first-order chi connectivity index (χ1) is 6.61. The van der Waals surface area contributed by atoms with Gasteiger partial charge in [0.25, 0.3) is 0 Å². The second-order valence-electron chi connectivity index (χ2n) is 4.19. The van der Waals surface area contributed by atoms with Gasteiger partial charge in [0.1, 0.15) is 0 Å². The molecular weight excluding hydrogens is 178 g/mol. The van der Waals surface area contributed by atoms with E-state index in [9.17, 15) is 4.79 Å². The quantitative estimate of drug-likeness (QED) is 0.727. The fourth-order valence-electron chi connectivity index (χ4n) is 1.85. The van der Waals surface area contributed by atoms with Crippen LogP contribution >= 0.6 is 0 Å². The van der Waals surface area contributed by atoms with Crippen LogP contribution in [0.1, 0.15) is 19.3 Å². The molecule has 1 saturated heterocycles. The van der Waals surface area contributed by atoms with Crippen LogP contribution in [0.25, 0.3) is 0 Å². The van der Waals surface area contributed by atoms with Crippen molar-refractivity contribution in [1.82, 2.24) is 15.1 Å². The standard InChI is InChI=1S/C10H21N3O/c1-12(2)10(14)11-7-6-9-5-4-8-13(9)3/h9H,4-8H2,1-3H3,(H,11,14). The summed E-state index contributed by atoms with van der Waals surface area (Å²) < 4.78 is 0. The lowest BCUT2D eigenvalue weighted by Gasteiger charge is -2.20. The molecule has 82 valence electrons. The third-order valence-corrected chi connectivity index (χ3v) is 2.83. The minimum Gasteiger partial charge on any atom is -0.338 e. The van der Waals surface area contributed by atoms with Crippen molar-refractivity contribution < 1.29 is 4.79 Å². The molecule has 1 rings (SSSR count). The molecule has 1 aliphatic heterocycles. The second kappa shape index (κ2) is 5.20. The molecule has 0 spiro atoms. The number of rotatable bonds is 3. The average Bonchev–Trinajstić information content (AvgIpc) is 2.51. The summed E-state index contributed by atoms with van der Waals surface area (Å²) in [6, 6.07) is 0.670. The summed E-state index contributed by atoms with van der Waals surface area (Å²) in [5.41, 5.74) is 0. The molecule has 1 fully saturated rings. The van der Waals surface area contributed by atoms with E-state index >= 15 is 0 Å². The zero-order valence-corrected chi connectivity index (χ0v) is 9.42. The van der Waals surface area contributed by atoms with E-state index < -0.39 is 0 Å². The summed E-state index contributed by atoms with van der Waals surface area (Å²) >= 11 is 0. The van der Waals surface area contributed by atoms with E-state index in [0.717, 1.165) is 13.0 Å². The van der Waals surface area contributed by atoms with Crippen LogP contribution in [0.4, 0.5) is 4.79 Å². The molecule has 1 heterocycles. The molecule has 0 aromatic rings. The van der Waals surface area contributed by atoms with Gasteiger partial charge in [0.05, 0.1) is 0 Å². The topological polar surface area (TPSA) is 35.6 Å². The molecule has 1 N–H and O–H groups in total. The molecule has 1 aliphatic rings. The van der Waals surface area contributed by atoms with Gasteiger partial charge < -0.3 is 15.1 Å². The first kappa shape index (κ1) is 11.3. The maximum atomic E-state index is 11.2. The molecule has 14 heavy (non-hydrogen) atoms. The number of likely N-dealkylation sites (tertiary alicyclic amines) is 1. The van der Waals surface area contributed by atoms with E-state index in [-0.39, 0.29) is 6.03 Å². The summed E-state index contributed by atoms with van der Waals surface area (Å²) in [6.45, 7) is 1.98. The molecule has 1 unspecified atom stereocenters. The van der Waals surface area contributed by atoms with Gasteiger partial charge in [-0.3, -0.25) is 0 Å². The van der Waals surface area contributed by atoms with E-state index in [1.165, 1.54) is 19.4 Å². The SMILES string of the molecule is CN(C)C(=O)NCCC1CCCN1C. The van der Waals surface area contributed by atoms with Gasteiger partial charge in [-0.25, -0.2) is 4.79 Å². The van der Waals surface area contributed by atoms with Crippen LogP contribution in [0.5, 0.6) is 0 Å². The predicted molar refractivity (Wildman–Crippen MR) is 57.4 cm³/mol. The monoisotopic (exact) mass is 199 g/mol. The van der Waals surface area contributed by atoms with Crippen molar-refractivity contribution in [2.75, 3.05) is 34.2 Å². The van der Waals surface area contributed by atoms with Crippen molar-refractivity contribution in [3.63, 3.8) is 0 Å². The molecule has 4 heteroatoms. The molecule has 0 radical (unpaired) electrons. The van der Waals surface area contributed by atoms with Crippen molar-refractivity contribution in [1.29, 1.82) is 0 Å². The van der Waals surface area contributed by atoms with E-state index in [4.69, 9.17) is 0 Å². The highest BCUT2D eigenvalue weighted by Crippen LogP contribution is 2.16. The van der Waals surface area contributed by atoms with Crippen molar-refractivity contribution in [2.45, 2.75) is 25.3 Å². The van der Waals surface area contributed by atoms with Crippen LogP contribution in [0.3, 0.4) is 0 Å². The number of carbonyl (C=O) groups excluding carboxylic acids is 1. The lowest BCUT2D eigenvalue weighted by Crippen LogP contribution is -2.37. The normalized spacial score (nSPS) is 22.4. The fourth-order valence-corrected chi connectivity index (χ4v) is 1.85. The van der Waals surface area contributed by atoms with Crippen LogP contribution in [0.2, 0.25) is 0 Å². The Morgan fingerprint density at radius 2 is 2.29 bits per heavy atom. The van der Waals surface area contributed by atoms with E-state index in [2.05, 4.69) is 17.3 Å². The Balaban J connectivity index is 2.12. The van der Waals surface area contributed by atoms with Crippen molar-refractivity contribution >= 4 is 6.03 Å². The minimum atomic E-state index is 0.00523. The van der Waals surface area contributed by atoms with Crippen LogP contribution in [-0.4, -0.2) is 56.1 Å². The third kappa shape index (κ3) is 3.18. The van der Waals surface area contributed by atoms with Gasteiger partial charge in [-0.1, -0.05) is 0 Å². The Morgan fingerprint density at radius 3 is 2.79 bits per heavy atom. The number of nitrogens with one attached hydrogen (secondary N) is 1. The van der Waals surface area contributed by atoms with E-state index in [1.807, 2.05) is 0 Å². The van der Waals surface area contributed by atoms with Crippen LogP contribution < -0.4 is 5.32 Å². The van der Waals surface area contributed by atoms with E-state index in [1.54, 1.807) is 19.0 Å². The lowest BCUT2D eigenvalue weighted by atomic mass is 10.1. The van der Waals surface area contributed by atoms with Gasteiger partial charge >= 0.3 is 6.03 Å². The van der Waals surface area contributed by atoms with Gasteiger partial charge in [0.2, 0.25) is 0 Å². The number of carbonyl (C=O) groups is 1. The average molecular weight is 199 g/mol. The van der Waals surface area contributed by atoms with Gasteiger partial charge in [-0.15, -0.1) is 0 Å². The number of hydrogen-bond acceptors (Lipinski definition) is 2. The third-order valence-electron chi connectivity index (χ3n) is 2.83. The zero-order chi connectivity index (χ0) is 10.6. The molecule has 2 amide bonds. The number of nitrogens with zero attached hydrogens (tertiary/aromatic N) is 2. The maximum absolute atomic E-state index is 11.2. The first-order valence-electron chi connectivity index (χ1n) is 5.26. The number of urea groups is 1. The number of hydrogen-bond donors (Lipinski definition) is 1. The van der Waals surface area contributed by atoms with E-state index in [0.29, 0.717) is 6.04 Å². The highest BCUT2D eigenvalue weighted by molar-refractivity contribution is 5.73. The Hall–Kier alpha value is -0.770. The molecule has 0 aromatic carbocycles. The summed E-state index contributed by atoms with van der Waals surface area (Å²) in [6.07, 6.45) is 3.63. The largest absolute Gasteiger partial charge is 0.338 e. The molecule has 0 bridgehead atoms. The fraction of sp³-hybridized carbons (Fsp3) is 0.900. The van der Waals surface area contributed by atoms with Crippen molar-refractivity contribution in [3.05, 3.63) is 0 Å². The predicted octanol–water partition coefficient (Wildman–Crippen LogP) is 0.742. The summed E-state index contributed by atoms with van der Waals surface area (Å²) in [5.74, 6) is 0. The van der Waals surface area contributed by atoms with Gasteiger partial charge in [0.15, 0.2) is 0 Å². The Morgan fingerprint density at radius 1 is 1.57 bits per heavy atom. The van der Waals surface area contributed by atoms with Gasteiger partial charge in [0, 0.05) is 26.7 Å². The molecule has 4 nitrogen and oxygen atoms in total. The summed E-state index contributed by atoms with van der Waals surface area (Å²) in [7, 11) is 5.68. The molecule has 1 atom stereocenters. The Bertz CT molecular complexity index is 194. The van der Waals surface area contributed by atoms with Crippen molar-refractivity contribution in [3.8, 4) is 0 Å². The maximum Gasteiger partial charge on any atom is 0.316 e. The van der Waals surface area contributed by atoms with Crippen LogP contribution in [0.15, 0.2) is 0 Å². The van der Waals surface area contributed by atoms with Crippen LogP contribution in [0, 0.1) is 0 Å². The highest BCUT2D eigenvalue weighted by Gasteiger charge is 2.20.